The number of anilines is 2. The van der Waals surface area contributed by atoms with E-state index in [-0.39, 0.29) is 10.9 Å². The lowest BCUT2D eigenvalue weighted by Crippen LogP contribution is -2.12. The van der Waals surface area contributed by atoms with Crippen LogP contribution in [0.2, 0.25) is 10.0 Å². The standard InChI is InChI=1S/C14H9Cl2N3O/c15-10-3-9(4-11(18)5-10)14(20)19-12-2-1-8(7-17)13(16)6-12/h1-6H,18H2,(H,19,20). The number of benzene rings is 2. The number of halogens is 2. The number of nitrogen functional groups attached to an aromatic ring is 1. The van der Waals surface area contributed by atoms with Crippen LogP contribution >= 0.6 is 23.2 Å². The monoisotopic (exact) mass is 305 g/mol. The van der Waals surface area contributed by atoms with E-state index in [0.717, 1.165) is 0 Å². The molecular formula is C14H9Cl2N3O. The summed E-state index contributed by atoms with van der Waals surface area (Å²) in [4.78, 5) is 12.1. The lowest BCUT2D eigenvalue weighted by atomic mass is 10.1. The summed E-state index contributed by atoms with van der Waals surface area (Å²) in [7, 11) is 0. The third-order valence-corrected chi connectivity index (χ3v) is 3.06. The van der Waals surface area contributed by atoms with Crippen molar-refractivity contribution in [1.29, 1.82) is 5.26 Å². The second-order valence-electron chi connectivity index (χ2n) is 4.03. The highest BCUT2D eigenvalue weighted by molar-refractivity contribution is 6.32. The van der Waals surface area contributed by atoms with Gasteiger partial charge in [0.2, 0.25) is 0 Å². The first kappa shape index (κ1) is 14.2. The highest BCUT2D eigenvalue weighted by atomic mass is 35.5. The van der Waals surface area contributed by atoms with Crippen molar-refractivity contribution in [3.8, 4) is 6.07 Å². The van der Waals surface area contributed by atoms with E-state index in [1.54, 1.807) is 12.1 Å². The average molecular weight is 306 g/mol. The number of nitriles is 1. The molecule has 0 unspecified atom stereocenters. The van der Waals surface area contributed by atoms with Crippen molar-refractivity contribution in [2.24, 2.45) is 0 Å². The molecule has 2 rings (SSSR count). The number of nitrogens with zero attached hydrogens (tertiary/aromatic N) is 1. The number of carbonyl (C=O) groups is 1. The normalized spacial score (nSPS) is 9.85. The van der Waals surface area contributed by atoms with Crippen LogP contribution in [0.15, 0.2) is 36.4 Å². The Morgan fingerprint density at radius 1 is 1.20 bits per heavy atom. The van der Waals surface area contributed by atoms with Crippen LogP contribution in [0.3, 0.4) is 0 Å². The molecule has 0 saturated heterocycles. The topological polar surface area (TPSA) is 78.9 Å². The largest absolute Gasteiger partial charge is 0.399 e. The molecule has 1 amide bonds. The van der Waals surface area contributed by atoms with E-state index in [1.807, 2.05) is 6.07 Å². The fraction of sp³-hybridized carbons (Fsp3) is 0. The maximum absolute atomic E-state index is 12.1. The molecule has 4 nitrogen and oxygen atoms in total. The molecule has 100 valence electrons. The molecule has 2 aromatic rings. The first-order valence-corrected chi connectivity index (χ1v) is 6.32. The molecule has 0 fully saturated rings. The van der Waals surface area contributed by atoms with Gasteiger partial charge >= 0.3 is 0 Å². The van der Waals surface area contributed by atoms with Gasteiger partial charge in [-0.1, -0.05) is 23.2 Å². The Balaban J connectivity index is 2.23. The summed E-state index contributed by atoms with van der Waals surface area (Å²) in [5.74, 6) is -0.361. The Labute approximate surface area is 125 Å². The zero-order chi connectivity index (χ0) is 14.7. The smallest absolute Gasteiger partial charge is 0.255 e. The highest BCUT2D eigenvalue weighted by Crippen LogP contribution is 2.22. The van der Waals surface area contributed by atoms with Crippen molar-refractivity contribution >= 4 is 40.5 Å². The second kappa shape index (κ2) is 5.83. The fourth-order valence-electron chi connectivity index (χ4n) is 1.63. The Bertz CT molecular complexity index is 703. The van der Waals surface area contributed by atoms with Crippen LogP contribution in [0.25, 0.3) is 0 Å². The van der Waals surface area contributed by atoms with Crippen molar-refractivity contribution in [2.75, 3.05) is 11.1 Å². The molecule has 0 atom stereocenters. The lowest BCUT2D eigenvalue weighted by molar-refractivity contribution is 0.102. The van der Waals surface area contributed by atoms with Gasteiger partial charge in [-0.3, -0.25) is 4.79 Å². The lowest BCUT2D eigenvalue weighted by Gasteiger charge is -2.07. The molecule has 0 aromatic heterocycles. The first-order chi connectivity index (χ1) is 9.49. The van der Waals surface area contributed by atoms with Crippen LogP contribution < -0.4 is 11.1 Å². The van der Waals surface area contributed by atoms with E-state index in [0.29, 0.717) is 27.5 Å². The number of nitrogens with one attached hydrogen (secondary N) is 1. The molecule has 0 aliphatic carbocycles. The molecule has 2 aromatic carbocycles. The van der Waals surface area contributed by atoms with Crippen molar-refractivity contribution in [3.05, 3.63) is 57.6 Å². The van der Waals surface area contributed by atoms with Crippen molar-refractivity contribution in [1.82, 2.24) is 0 Å². The highest BCUT2D eigenvalue weighted by Gasteiger charge is 2.09. The quantitative estimate of drug-likeness (QED) is 0.830. The van der Waals surface area contributed by atoms with Gasteiger partial charge in [0.15, 0.2) is 0 Å². The number of rotatable bonds is 2. The summed E-state index contributed by atoms with van der Waals surface area (Å²) < 4.78 is 0. The minimum Gasteiger partial charge on any atom is -0.399 e. The molecule has 0 heterocycles. The molecule has 0 spiro atoms. The molecule has 0 saturated carbocycles. The van der Waals surface area contributed by atoms with Crippen molar-refractivity contribution in [2.45, 2.75) is 0 Å². The van der Waals surface area contributed by atoms with Crippen LogP contribution in [0, 0.1) is 11.3 Å². The molecule has 0 radical (unpaired) electrons. The van der Waals surface area contributed by atoms with Crippen LogP contribution in [0.1, 0.15) is 15.9 Å². The molecule has 0 aliphatic heterocycles. The SMILES string of the molecule is N#Cc1ccc(NC(=O)c2cc(N)cc(Cl)c2)cc1Cl. The minimum atomic E-state index is -0.361. The van der Waals surface area contributed by atoms with Gasteiger partial charge in [0.25, 0.3) is 5.91 Å². The van der Waals surface area contributed by atoms with Gasteiger partial charge in [-0.05, 0) is 36.4 Å². The number of nitrogens with two attached hydrogens (primary N) is 1. The van der Waals surface area contributed by atoms with Crippen molar-refractivity contribution < 1.29 is 4.79 Å². The molecule has 0 aliphatic rings. The minimum absolute atomic E-state index is 0.274. The van der Waals surface area contributed by atoms with E-state index < -0.39 is 0 Å². The molecule has 3 N–H and O–H groups in total. The third kappa shape index (κ3) is 3.21. The van der Waals surface area contributed by atoms with Gasteiger partial charge in [0, 0.05) is 22.0 Å². The van der Waals surface area contributed by atoms with E-state index in [2.05, 4.69) is 5.32 Å². The number of hydrogen-bond acceptors (Lipinski definition) is 3. The van der Waals surface area contributed by atoms with E-state index in [4.69, 9.17) is 34.2 Å². The van der Waals surface area contributed by atoms with Gasteiger partial charge in [-0.25, -0.2) is 0 Å². The number of amides is 1. The Morgan fingerprint density at radius 2 is 1.95 bits per heavy atom. The van der Waals surface area contributed by atoms with Crippen LogP contribution in [-0.4, -0.2) is 5.91 Å². The maximum atomic E-state index is 12.1. The van der Waals surface area contributed by atoms with Crippen LogP contribution in [0.4, 0.5) is 11.4 Å². The summed E-state index contributed by atoms with van der Waals surface area (Å²) in [5, 5.41) is 12.1. The Hall–Kier alpha value is -2.22. The zero-order valence-electron chi connectivity index (χ0n) is 10.2. The zero-order valence-corrected chi connectivity index (χ0v) is 11.7. The molecule has 6 heteroatoms. The first-order valence-electron chi connectivity index (χ1n) is 5.56. The fourth-order valence-corrected chi connectivity index (χ4v) is 2.10. The van der Waals surface area contributed by atoms with Crippen LogP contribution in [0.5, 0.6) is 0 Å². The molecule has 0 bridgehead atoms. The number of hydrogen-bond donors (Lipinski definition) is 2. The Kier molecular flexibility index (Phi) is 4.14. The summed E-state index contributed by atoms with van der Waals surface area (Å²) in [6, 6.07) is 11.2. The van der Waals surface area contributed by atoms with E-state index >= 15 is 0 Å². The molecular weight excluding hydrogens is 297 g/mol. The van der Waals surface area contributed by atoms with Crippen LogP contribution in [-0.2, 0) is 0 Å². The Morgan fingerprint density at radius 3 is 2.55 bits per heavy atom. The summed E-state index contributed by atoms with van der Waals surface area (Å²) in [6.45, 7) is 0. The van der Waals surface area contributed by atoms with Gasteiger partial charge < -0.3 is 11.1 Å². The second-order valence-corrected chi connectivity index (χ2v) is 4.88. The van der Waals surface area contributed by atoms with Gasteiger partial charge in [0.05, 0.1) is 10.6 Å². The summed E-state index contributed by atoms with van der Waals surface area (Å²) in [6.07, 6.45) is 0. The maximum Gasteiger partial charge on any atom is 0.255 e. The van der Waals surface area contributed by atoms with Crippen molar-refractivity contribution in [3.63, 3.8) is 0 Å². The van der Waals surface area contributed by atoms with E-state index in [9.17, 15) is 4.79 Å². The number of carbonyl (C=O) groups excluding carboxylic acids is 1. The van der Waals surface area contributed by atoms with Gasteiger partial charge in [-0.2, -0.15) is 5.26 Å². The third-order valence-electron chi connectivity index (χ3n) is 2.53. The van der Waals surface area contributed by atoms with Gasteiger partial charge in [-0.15, -0.1) is 0 Å². The predicted octanol–water partition coefficient (Wildman–Crippen LogP) is 3.70. The summed E-state index contributed by atoms with van der Waals surface area (Å²) >= 11 is 11.7. The van der Waals surface area contributed by atoms with E-state index in [1.165, 1.54) is 24.3 Å². The van der Waals surface area contributed by atoms with Gasteiger partial charge in [0.1, 0.15) is 6.07 Å². The average Bonchev–Trinajstić information content (AvgIpc) is 2.37. The molecule has 20 heavy (non-hydrogen) atoms. The predicted molar refractivity (Wildman–Crippen MR) is 80.0 cm³/mol. The summed E-state index contributed by atoms with van der Waals surface area (Å²) in [5.41, 5.74) is 7.21.